The monoisotopic (exact) mass is 315 g/mol. The van der Waals surface area contributed by atoms with E-state index in [2.05, 4.69) is 22.5 Å². The summed E-state index contributed by atoms with van der Waals surface area (Å²) in [5.74, 6) is -0.527. The Morgan fingerprint density at radius 2 is 1.59 bits per heavy atom. The van der Waals surface area contributed by atoms with E-state index in [1.807, 2.05) is 0 Å². The van der Waals surface area contributed by atoms with Gasteiger partial charge in [0, 0.05) is 18.7 Å². The molecule has 0 radical (unpaired) electrons. The third-order valence-corrected chi connectivity index (χ3v) is 2.57. The molecular formula is C14H25N3O5. The van der Waals surface area contributed by atoms with Gasteiger partial charge in [-0.2, -0.15) is 0 Å². The molecule has 0 rings (SSSR count). The quantitative estimate of drug-likeness (QED) is 0.268. The van der Waals surface area contributed by atoms with Gasteiger partial charge < -0.3 is 20.5 Å². The van der Waals surface area contributed by atoms with Crippen LogP contribution in [0.25, 0.3) is 0 Å². The third-order valence-electron chi connectivity index (χ3n) is 2.57. The molecule has 0 atom stereocenters. The van der Waals surface area contributed by atoms with Gasteiger partial charge in [0.15, 0.2) is 0 Å². The van der Waals surface area contributed by atoms with Crippen molar-refractivity contribution < 1.29 is 24.2 Å². The number of hydrogen-bond donors (Lipinski definition) is 4. The summed E-state index contributed by atoms with van der Waals surface area (Å²) in [6.07, 6.45) is 3.35. The first-order valence-corrected chi connectivity index (χ1v) is 7.23. The topological polar surface area (TPSA) is 117 Å². The molecule has 0 bridgehead atoms. The Hall–Kier alpha value is -2.09. The molecule has 0 aromatic rings. The van der Waals surface area contributed by atoms with Crippen LogP contribution in [0.5, 0.6) is 0 Å². The maximum Gasteiger partial charge on any atom is 0.333 e. The molecular weight excluding hydrogens is 290 g/mol. The lowest BCUT2D eigenvalue weighted by molar-refractivity contribution is -0.138. The van der Waals surface area contributed by atoms with Gasteiger partial charge in [-0.1, -0.05) is 19.4 Å². The Bertz CT molecular complexity index is 385. The highest BCUT2D eigenvalue weighted by Gasteiger charge is 2.07. The molecule has 0 aliphatic rings. The van der Waals surface area contributed by atoms with E-state index in [0.717, 1.165) is 25.7 Å². The second-order valence-corrected chi connectivity index (χ2v) is 4.69. The van der Waals surface area contributed by atoms with Crippen molar-refractivity contribution >= 4 is 18.0 Å². The summed E-state index contributed by atoms with van der Waals surface area (Å²) in [6.45, 7) is 5.68. The molecule has 0 aliphatic carbocycles. The van der Waals surface area contributed by atoms with E-state index in [-0.39, 0.29) is 25.3 Å². The Morgan fingerprint density at radius 1 is 1.00 bits per heavy atom. The van der Waals surface area contributed by atoms with Gasteiger partial charge in [0.1, 0.15) is 6.61 Å². The highest BCUT2D eigenvalue weighted by molar-refractivity contribution is 5.93. The molecule has 0 heterocycles. The SMILES string of the molecule is C=C(C)C(=O)OCCNC(=O)NC(=O)NCCCCCCO. The molecule has 0 fully saturated rings. The lowest BCUT2D eigenvalue weighted by Crippen LogP contribution is -2.45. The highest BCUT2D eigenvalue weighted by atomic mass is 16.5. The predicted molar refractivity (Wildman–Crippen MR) is 81.3 cm³/mol. The number of aliphatic hydroxyl groups excluding tert-OH is 1. The first-order chi connectivity index (χ1) is 10.5. The van der Waals surface area contributed by atoms with Crippen LogP contribution in [0.15, 0.2) is 12.2 Å². The van der Waals surface area contributed by atoms with Crippen LogP contribution in [-0.2, 0) is 9.53 Å². The van der Waals surface area contributed by atoms with Gasteiger partial charge in [-0.3, -0.25) is 5.32 Å². The zero-order valence-corrected chi connectivity index (χ0v) is 12.9. The average molecular weight is 315 g/mol. The van der Waals surface area contributed by atoms with Crippen molar-refractivity contribution in [2.75, 3.05) is 26.3 Å². The third kappa shape index (κ3) is 11.7. The number of amides is 4. The van der Waals surface area contributed by atoms with E-state index in [4.69, 9.17) is 9.84 Å². The Balaban J connectivity index is 3.55. The van der Waals surface area contributed by atoms with Crippen LogP contribution in [0.1, 0.15) is 32.6 Å². The van der Waals surface area contributed by atoms with E-state index in [1.54, 1.807) is 0 Å². The number of aliphatic hydroxyl groups is 1. The Kier molecular flexibility index (Phi) is 11.4. The van der Waals surface area contributed by atoms with Gasteiger partial charge in [0.25, 0.3) is 0 Å². The fourth-order valence-electron chi connectivity index (χ4n) is 1.42. The fraction of sp³-hybridized carbons (Fsp3) is 0.643. The zero-order chi connectivity index (χ0) is 16.8. The second kappa shape index (κ2) is 12.6. The maximum absolute atomic E-state index is 11.4. The number of esters is 1. The molecule has 0 saturated carbocycles. The minimum atomic E-state index is -0.663. The van der Waals surface area contributed by atoms with Crippen molar-refractivity contribution in [2.24, 2.45) is 0 Å². The molecule has 4 amide bonds. The first kappa shape index (κ1) is 19.9. The van der Waals surface area contributed by atoms with Gasteiger partial charge in [-0.15, -0.1) is 0 Å². The van der Waals surface area contributed by atoms with Crippen molar-refractivity contribution in [3.05, 3.63) is 12.2 Å². The predicted octanol–water partition coefficient (Wildman–Crippen LogP) is 0.667. The van der Waals surface area contributed by atoms with E-state index in [0.29, 0.717) is 6.54 Å². The summed E-state index contributed by atoms with van der Waals surface area (Å²) in [6, 6.07) is -1.25. The summed E-state index contributed by atoms with van der Waals surface area (Å²) in [5, 5.41) is 15.6. The molecule has 0 saturated heterocycles. The number of hydrogen-bond acceptors (Lipinski definition) is 5. The summed E-state index contributed by atoms with van der Waals surface area (Å²) < 4.78 is 4.77. The van der Waals surface area contributed by atoms with Gasteiger partial charge in [0.2, 0.25) is 0 Å². The van der Waals surface area contributed by atoms with Crippen LogP contribution in [0.4, 0.5) is 9.59 Å². The highest BCUT2D eigenvalue weighted by Crippen LogP contribution is 1.97. The molecule has 0 spiro atoms. The fourth-order valence-corrected chi connectivity index (χ4v) is 1.42. The Morgan fingerprint density at radius 3 is 2.18 bits per heavy atom. The molecule has 4 N–H and O–H groups in total. The van der Waals surface area contributed by atoms with Gasteiger partial charge in [0.05, 0.1) is 6.54 Å². The minimum Gasteiger partial charge on any atom is -0.460 e. The molecule has 22 heavy (non-hydrogen) atoms. The molecule has 0 aromatic heterocycles. The van der Waals surface area contributed by atoms with Crippen molar-refractivity contribution in [2.45, 2.75) is 32.6 Å². The average Bonchev–Trinajstić information content (AvgIpc) is 2.46. The molecule has 0 aliphatic heterocycles. The number of nitrogens with one attached hydrogen (secondary N) is 3. The van der Waals surface area contributed by atoms with E-state index in [9.17, 15) is 14.4 Å². The number of imide groups is 1. The van der Waals surface area contributed by atoms with Crippen LogP contribution in [0.3, 0.4) is 0 Å². The van der Waals surface area contributed by atoms with Crippen LogP contribution < -0.4 is 16.0 Å². The largest absolute Gasteiger partial charge is 0.460 e. The smallest absolute Gasteiger partial charge is 0.333 e. The van der Waals surface area contributed by atoms with Crippen LogP contribution in [0.2, 0.25) is 0 Å². The molecule has 8 heteroatoms. The maximum atomic E-state index is 11.4. The molecule has 8 nitrogen and oxygen atoms in total. The summed E-state index contributed by atoms with van der Waals surface area (Å²) in [7, 11) is 0. The van der Waals surface area contributed by atoms with E-state index in [1.165, 1.54) is 6.92 Å². The Labute approximate surface area is 130 Å². The summed E-state index contributed by atoms with van der Waals surface area (Å²) in [4.78, 5) is 33.7. The molecule has 0 aromatic carbocycles. The first-order valence-electron chi connectivity index (χ1n) is 7.23. The van der Waals surface area contributed by atoms with Crippen LogP contribution in [-0.4, -0.2) is 49.4 Å². The van der Waals surface area contributed by atoms with Crippen molar-refractivity contribution in [1.29, 1.82) is 0 Å². The second-order valence-electron chi connectivity index (χ2n) is 4.69. The molecule has 126 valence electrons. The summed E-state index contributed by atoms with van der Waals surface area (Å²) in [5.41, 5.74) is 0.280. The standard InChI is InChI=1S/C14H25N3O5/c1-11(2)12(19)22-10-8-16-14(21)17-13(20)15-7-5-3-4-6-9-18/h18H,1,3-10H2,2H3,(H3,15,16,17,20,21). The van der Waals surface area contributed by atoms with E-state index >= 15 is 0 Å². The van der Waals surface area contributed by atoms with Crippen LogP contribution >= 0.6 is 0 Å². The zero-order valence-electron chi connectivity index (χ0n) is 12.9. The number of urea groups is 2. The van der Waals surface area contributed by atoms with Gasteiger partial charge >= 0.3 is 18.0 Å². The van der Waals surface area contributed by atoms with Gasteiger partial charge in [-0.05, 0) is 19.8 Å². The van der Waals surface area contributed by atoms with Crippen LogP contribution in [0, 0.1) is 0 Å². The number of ether oxygens (including phenoxy) is 1. The van der Waals surface area contributed by atoms with Crippen molar-refractivity contribution in [1.82, 2.24) is 16.0 Å². The lowest BCUT2D eigenvalue weighted by atomic mass is 10.2. The minimum absolute atomic E-state index is 0.00555. The number of carbonyl (C=O) groups is 3. The summed E-state index contributed by atoms with van der Waals surface area (Å²) >= 11 is 0. The number of unbranched alkanes of at least 4 members (excludes halogenated alkanes) is 3. The normalized spacial score (nSPS) is 9.73. The van der Waals surface area contributed by atoms with Gasteiger partial charge in [-0.25, -0.2) is 14.4 Å². The van der Waals surface area contributed by atoms with Crippen molar-refractivity contribution in [3.8, 4) is 0 Å². The van der Waals surface area contributed by atoms with Crippen molar-refractivity contribution in [3.63, 3.8) is 0 Å². The lowest BCUT2D eigenvalue weighted by Gasteiger charge is -2.08. The number of rotatable bonds is 10. The molecule has 0 unspecified atom stereocenters. The van der Waals surface area contributed by atoms with E-state index < -0.39 is 18.0 Å². The number of carbonyl (C=O) groups excluding carboxylic acids is 3.